The zero-order valence-corrected chi connectivity index (χ0v) is 13.8. The molecule has 0 aliphatic heterocycles. The van der Waals surface area contributed by atoms with Crippen LogP contribution in [0.3, 0.4) is 0 Å². The quantitative estimate of drug-likeness (QED) is 0.487. The van der Waals surface area contributed by atoms with Crippen molar-refractivity contribution in [3.05, 3.63) is 66.5 Å². The van der Waals surface area contributed by atoms with E-state index in [0.29, 0.717) is 10.0 Å². The minimum absolute atomic E-state index is 0.698. The lowest BCUT2D eigenvalue weighted by Crippen LogP contribution is -1.80. The molecule has 2 aromatic rings. The lowest BCUT2D eigenvalue weighted by atomic mass is 10.1. The van der Waals surface area contributed by atoms with E-state index in [9.17, 15) is 0 Å². The molecule has 0 aliphatic rings. The molecule has 2 rings (SSSR count). The van der Waals surface area contributed by atoms with Gasteiger partial charge in [0, 0.05) is 30.1 Å². The Labute approximate surface area is 133 Å². The van der Waals surface area contributed by atoms with Crippen LogP contribution < -0.4 is 0 Å². The number of benzene rings is 2. The van der Waals surface area contributed by atoms with Crippen molar-refractivity contribution < 1.29 is 0 Å². The first kappa shape index (κ1) is 14.1. The van der Waals surface area contributed by atoms with Crippen LogP contribution in [-0.2, 0) is 0 Å². The number of hydrogen-bond acceptors (Lipinski definition) is 0. The summed E-state index contributed by atoms with van der Waals surface area (Å²) < 4.78 is 1.91. The van der Waals surface area contributed by atoms with Crippen LogP contribution in [0.2, 0.25) is 10.0 Å². The molecule has 0 spiro atoms. The summed E-state index contributed by atoms with van der Waals surface area (Å²) in [6.45, 7) is 0. The molecule has 0 saturated heterocycles. The van der Waals surface area contributed by atoms with Crippen LogP contribution in [0, 0.1) is 0 Å². The van der Waals surface area contributed by atoms with Gasteiger partial charge in [-0.05, 0) is 24.3 Å². The van der Waals surface area contributed by atoms with E-state index in [0.717, 1.165) is 20.1 Å². The highest BCUT2D eigenvalue weighted by atomic mass is 79.9. The summed E-state index contributed by atoms with van der Waals surface area (Å²) in [7, 11) is 0. The topological polar surface area (TPSA) is 0 Å². The third-order valence-corrected chi connectivity index (χ3v) is 4.46. The smallest absolute Gasteiger partial charge is 0.0489 e. The standard InChI is InChI=1S/C14H8Br2Cl2/c15-11-3-1-5-13(17)9(11)7-8-10-12(16)4-2-6-14(10)18/h1-8H. The highest BCUT2D eigenvalue weighted by Crippen LogP contribution is 2.30. The summed E-state index contributed by atoms with van der Waals surface area (Å²) in [6.07, 6.45) is 3.89. The Morgan fingerprint density at radius 1 is 0.722 bits per heavy atom. The molecule has 0 heterocycles. The molecule has 0 aliphatic carbocycles. The lowest BCUT2D eigenvalue weighted by Gasteiger charge is -2.03. The molecule has 0 fully saturated rings. The third kappa shape index (κ3) is 3.18. The number of hydrogen-bond donors (Lipinski definition) is 0. The molecule has 0 bridgehead atoms. The molecule has 0 N–H and O–H groups in total. The summed E-state index contributed by atoms with van der Waals surface area (Å²) in [5.74, 6) is 0. The van der Waals surface area contributed by atoms with Gasteiger partial charge in [-0.15, -0.1) is 0 Å². The van der Waals surface area contributed by atoms with Crippen LogP contribution in [0.15, 0.2) is 45.3 Å². The van der Waals surface area contributed by atoms with E-state index in [1.165, 1.54) is 0 Å². The molecule has 4 heteroatoms. The first-order chi connectivity index (χ1) is 8.59. The Hall–Kier alpha value is -0.280. The van der Waals surface area contributed by atoms with Crippen molar-refractivity contribution in [1.29, 1.82) is 0 Å². The average Bonchev–Trinajstić information content (AvgIpc) is 2.31. The van der Waals surface area contributed by atoms with Gasteiger partial charge in [-0.1, -0.05) is 79.3 Å². The highest BCUT2D eigenvalue weighted by Gasteiger charge is 2.03. The second kappa shape index (κ2) is 6.25. The van der Waals surface area contributed by atoms with Crippen LogP contribution in [0.4, 0.5) is 0 Å². The van der Waals surface area contributed by atoms with Crippen molar-refractivity contribution >= 4 is 67.2 Å². The number of rotatable bonds is 2. The summed E-state index contributed by atoms with van der Waals surface area (Å²) in [5.41, 5.74) is 1.87. The Morgan fingerprint density at radius 2 is 1.11 bits per heavy atom. The van der Waals surface area contributed by atoms with Gasteiger partial charge in [-0.3, -0.25) is 0 Å². The first-order valence-corrected chi connectivity index (χ1v) is 7.50. The molecule has 2 aromatic carbocycles. The van der Waals surface area contributed by atoms with Crippen molar-refractivity contribution in [3.8, 4) is 0 Å². The van der Waals surface area contributed by atoms with Gasteiger partial charge in [0.25, 0.3) is 0 Å². The predicted octanol–water partition coefficient (Wildman–Crippen LogP) is 6.69. The maximum absolute atomic E-state index is 6.15. The van der Waals surface area contributed by atoms with Crippen LogP contribution >= 0.6 is 55.1 Å². The fourth-order valence-electron chi connectivity index (χ4n) is 1.51. The molecule has 0 radical (unpaired) electrons. The van der Waals surface area contributed by atoms with Crippen LogP contribution in [0.1, 0.15) is 11.1 Å². The molecule has 0 aromatic heterocycles. The van der Waals surface area contributed by atoms with Crippen molar-refractivity contribution in [2.24, 2.45) is 0 Å². The third-order valence-electron chi connectivity index (χ3n) is 2.42. The van der Waals surface area contributed by atoms with Gasteiger partial charge in [0.15, 0.2) is 0 Å². The van der Waals surface area contributed by atoms with Crippen molar-refractivity contribution in [1.82, 2.24) is 0 Å². The molecular formula is C14H8Br2Cl2. The second-order valence-electron chi connectivity index (χ2n) is 3.60. The maximum Gasteiger partial charge on any atom is 0.0489 e. The zero-order chi connectivity index (χ0) is 13.1. The van der Waals surface area contributed by atoms with E-state index < -0.39 is 0 Å². The molecule has 92 valence electrons. The highest BCUT2D eigenvalue weighted by molar-refractivity contribution is 9.10. The van der Waals surface area contributed by atoms with Gasteiger partial charge in [-0.25, -0.2) is 0 Å². The Kier molecular flexibility index (Phi) is 4.91. The lowest BCUT2D eigenvalue weighted by molar-refractivity contribution is 1.58. The first-order valence-electron chi connectivity index (χ1n) is 5.15. The van der Waals surface area contributed by atoms with Crippen LogP contribution in [0.5, 0.6) is 0 Å². The molecule has 0 atom stereocenters. The van der Waals surface area contributed by atoms with E-state index in [1.807, 2.05) is 48.6 Å². The molecule has 0 amide bonds. The van der Waals surface area contributed by atoms with E-state index in [-0.39, 0.29) is 0 Å². The van der Waals surface area contributed by atoms with Gasteiger partial charge in [0.1, 0.15) is 0 Å². The van der Waals surface area contributed by atoms with Gasteiger partial charge in [-0.2, -0.15) is 0 Å². The number of halogens is 4. The molecule has 18 heavy (non-hydrogen) atoms. The average molecular weight is 407 g/mol. The Balaban J connectivity index is 2.43. The summed E-state index contributed by atoms with van der Waals surface area (Å²) in [5, 5.41) is 1.40. The normalized spacial score (nSPS) is 11.1. The van der Waals surface area contributed by atoms with Crippen molar-refractivity contribution in [3.63, 3.8) is 0 Å². The van der Waals surface area contributed by atoms with E-state index >= 15 is 0 Å². The molecule has 0 saturated carbocycles. The summed E-state index contributed by atoms with van der Waals surface area (Å²) in [4.78, 5) is 0. The minimum Gasteiger partial charge on any atom is -0.0836 e. The fraction of sp³-hybridized carbons (Fsp3) is 0. The second-order valence-corrected chi connectivity index (χ2v) is 6.13. The zero-order valence-electron chi connectivity index (χ0n) is 9.13. The van der Waals surface area contributed by atoms with Crippen LogP contribution in [0.25, 0.3) is 12.2 Å². The van der Waals surface area contributed by atoms with E-state index in [2.05, 4.69) is 31.9 Å². The SMILES string of the molecule is Clc1cccc(Br)c1C=Cc1c(Cl)cccc1Br. The predicted molar refractivity (Wildman–Crippen MR) is 87.2 cm³/mol. The van der Waals surface area contributed by atoms with Gasteiger partial charge in [0.05, 0.1) is 0 Å². The monoisotopic (exact) mass is 404 g/mol. The summed E-state index contributed by atoms with van der Waals surface area (Å²) in [6, 6.07) is 11.4. The van der Waals surface area contributed by atoms with Crippen molar-refractivity contribution in [2.75, 3.05) is 0 Å². The fourth-order valence-corrected chi connectivity index (χ4v) is 3.21. The molecule has 0 nitrogen and oxygen atoms in total. The van der Waals surface area contributed by atoms with E-state index in [4.69, 9.17) is 23.2 Å². The molecular weight excluding hydrogens is 399 g/mol. The maximum atomic E-state index is 6.15. The Morgan fingerprint density at radius 3 is 1.44 bits per heavy atom. The van der Waals surface area contributed by atoms with Crippen molar-refractivity contribution in [2.45, 2.75) is 0 Å². The van der Waals surface area contributed by atoms with E-state index in [1.54, 1.807) is 0 Å². The minimum atomic E-state index is 0.698. The van der Waals surface area contributed by atoms with Gasteiger partial charge < -0.3 is 0 Å². The molecule has 0 unspecified atom stereocenters. The van der Waals surface area contributed by atoms with Crippen LogP contribution in [-0.4, -0.2) is 0 Å². The summed E-state index contributed by atoms with van der Waals surface area (Å²) >= 11 is 19.3. The van der Waals surface area contributed by atoms with Gasteiger partial charge in [0.2, 0.25) is 0 Å². The Bertz CT molecular complexity index is 513. The van der Waals surface area contributed by atoms with Gasteiger partial charge >= 0.3 is 0 Å². The largest absolute Gasteiger partial charge is 0.0836 e.